The highest BCUT2D eigenvalue weighted by Crippen LogP contribution is 2.30. The van der Waals surface area contributed by atoms with E-state index >= 15 is 0 Å². The number of anilines is 1. The monoisotopic (exact) mass is 475 g/mol. The highest BCUT2D eigenvalue weighted by Gasteiger charge is 2.22. The number of thiol groups is 1. The van der Waals surface area contributed by atoms with Gasteiger partial charge in [0.2, 0.25) is 0 Å². The lowest BCUT2D eigenvalue weighted by Gasteiger charge is -2.32. The molecular formula is C27H33N5OS. The molecule has 4 aromatic rings. The van der Waals surface area contributed by atoms with E-state index in [1.165, 1.54) is 5.69 Å². The number of benzene rings is 2. The first-order valence-electron chi connectivity index (χ1n) is 12.2. The van der Waals surface area contributed by atoms with Crippen LogP contribution in [0.2, 0.25) is 0 Å². The molecule has 0 aliphatic carbocycles. The topological polar surface area (TPSA) is 69.2 Å². The predicted octanol–water partition coefficient (Wildman–Crippen LogP) is 5.37. The van der Waals surface area contributed by atoms with E-state index in [4.69, 9.17) is 28.1 Å². The number of nitrogens with two attached hydrogens (primary N) is 1. The van der Waals surface area contributed by atoms with Gasteiger partial charge in [-0.05, 0) is 56.0 Å². The molecular weight excluding hydrogens is 442 g/mol. The van der Waals surface area contributed by atoms with E-state index in [2.05, 4.69) is 60.1 Å². The van der Waals surface area contributed by atoms with Crippen LogP contribution in [-0.2, 0) is 0 Å². The molecule has 5 rings (SSSR count). The second-order valence-corrected chi connectivity index (χ2v) is 10.3. The lowest BCUT2D eigenvalue weighted by atomic mass is 10.0. The van der Waals surface area contributed by atoms with E-state index in [9.17, 15) is 0 Å². The fraction of sp³-hybridized carbons (Fsp3) is 0.407. The molecule has 6 nitrogen and oxygen atoms in total. The van der Waals surface area contributed by atoms with Gasteiger partial charge in [-0.25, -0.2) is 9.97 Å². The Morgan fingerprint density at radius 3 is 2.65 bits per heavy atom. The molecule has 178 valence electrons. The highest BCUT2D eigenvalue weighted by molar-refractivity contribution is 7.81. The molecule has 2 N–H and O–H groups in total. The van der Waals surface area contributed by atoms with Gasteiger partial charge >= 0.3 is 0 Å². The Morgan fingerprint density at radius 1 is 1.09 bits per heavy atom. The predicted molar refractivity (Wildman–Crippen MR) is 144 cm³/mol. The Hall–Kier alpha value is -2.77. The van der Waals surface area contributed by atoms with Crippen LogP contribution in [0.5, 0.6) is 5.75 Å². The second kappa shape index (κ2) is 9.47. The molecule has 1 saturated heterocycles. The lowest BCUT2D eigenvalue weighted by Crippen LogP contribution is -2.39. The smallest absolute Gasteiger partial charge is 0.139 e. The average molecular weight is 476 g/mol. The first-order chi connectivity index (χ1) is 16.5. The Balaban J connectivity index is 1.46. The van der Waals surface area contributed by atoms with Crippen molar-refractivity contribution in [3.8, 4) is 11.6 Å². The highest BCUT2D eigenvalue weighted by atomic mass is 32.1. The van der Waals surface area contributed by atoms with Crippen molar-refractivity contribution in [1.82, 2.24) is 14.5 Å². The molecule has 3 heterocycles. The molecule has 0 radical (unpaired) electrons. The fourth-order valence-corrected chi connectivity index (χ4v) is 4.65. The number of hydrogen-bond acceptors (Lipinski definition) is 6. The van der Waals surface area contributed by atoms with Gasteiger partial charge in [-0.3, -0.25) is 4.57 Å². The summed E-state index contributed by atoms with van der Waals surface area (Å²) in [5.41, 5.74) is 10.2. The van der Waals surface area contributed by atoms with E-state index in [1.54, 1.807) is 0 Å². The molecule has 1 aliphatic heterocycles. The quantitative estimate of drug-likeness (QED) is 0.352. The maximum Gasteiger partial charge on any atom is 0.139 e. The number of fused-ring (bicyclic) bond motifs is 2. The molecule has 2 aromatic heterocycles. The van der Waals surface area contributed by atoms with Crippen molar-refractivity contribution >= 4 is 40.3 Å². The molecule has 34 heavy (non-hydrogen) atoms. The average Bonchev–Trinajstić information content (AvgIpc) is 3.30. The zero-order chi connectivity index (χ0) is 23.7. The van der Waals surface area contributed by atoms with Crippen LogP contribution >= 0.6 is 12.6 Å². The number of hydrogen-bond donors (Lipinski definition) is 2. The van der Waals surface area contributed by atoms with Crippen LogP contribution in [0, 0.1) is 0 Å². The summed E-state index contributed by atoms with van der Waals surface area (Å²) in [5.74, 6) is 1.67. The van der Waals surface area contributed by atoms with Crippen molar-refractivity contribution in [3.63, 3.8) is 0 Å². The summed E-state index contributed by atoms with van der Waals surface area (Å²) in [6.45, 7) is 6.80. The summed E-state index contributed by atoms with van der Waals surface area (Å²) in [5, 5.41) is 1.14. The third-order valence-corrected chi connectivity index (χ3v) is 7.92. The second-order valence-electron chi connectivity index (χ2n) is 9.33. The number of aromatic nitrogens is 3. The summed E-state index contributed by atoms with van der Waals surface area (Å²) in [6, 6.07) is 16.9. The summed E-state index contributed by atoms with van der Waals surface area (Å²) in [4.78, 5) is 12.1. The molecule has 0 spiro atoms. The minimum atomic E-state index is -0.111. The molecule has 0 atom stereocenters. The minimum absolute atomic E-state index is 0.111. The number of pyridine rings is 1. The van der Waals surface area contributed by atoms with Crippen molar-refractivity contribution < 1.29 is 4.74 Å². The lowest BCUT2D eigenvalue weighted by molar-refractivity contribution is 0.263. The van der Waals surface area contributed by atoms with Crippen LogP contribution in [-0.4, -0.2) is 45.0 Å². The van der Waals surface area contributed by atoms with Gasteiger partial charge in [0.1, 0.15) is 24.5 Å². The number of imidazole rings is 1. The third kappa shape index (κ3) is 4.46. The number of ether oxygens (including phenoxy) is 1. The van der Waals surface area contributed by atoms with E-state index in [-0.39, 0.29) is 4.75 Å². The van der Waals surface area contributed by atoms with Gasteiger partial charge in [-0.15, -0.1) is 0 Å². The summed E-state index contributed by atoms with van der Waals surface area (Å²) in [7, 11) is 0. The zero-order valence-corrected chi connectivity index (χ0v) is 20.8. The van der Waals surface area contributed by atoms with E-state index < -0.39 is 0 Å². The van der Waals surface area contributed by atoms with Gasteiger partial charge in [-0.1, -0.05) is 26.0 Å². The molecule has 0 unspecified atom stereocenters. The Bertz CT molecular complexity index is 1290. The number of nitrogens with zero attached hydrogens (tertiary/aromatic N) is 4. The van der Waals surface area contributed by atoms with Crippen LogP contribution in [0.3, 0.4) is 0 Å². The van der Waals surface area contributed by atoms with Gasteiger partial charge in [0.05, 0.1) is 22.2 Å². The van der Waals surface area contributed by atoms with Crippen molar-refractivity contribution in [2.45, 2.75) is 50.3 Å². The number of para-hydroxylation sites is 1. The van der Waals surface area contributed by atoms with E-state index in [0.29, 0.717) is 12.6 Å². The Kier molecular flexibility index (Phi) is 6.40. The summed E-state index contributed by atoms with van der Waals surface area (Å²) >= 11 is 4.79. The molecule has 0 amide bonds. The van der Waals surface area contributed by atoms with Crippen LogP contribution < -0.4 is 15.4 Å². The van der Waals surface area contributed by atoms with E-state index in [1.807, 2.05) is 23.0 Å². The maximum absolute atomic E-state index is 6.13. The van der Waals surface area contributed by atoms with E-state index in [0.717, 1.165) is 72.3 Å². The summed E-state index contributed by atoms with van der Waals surface area (Å²) < 4.78 is 8.00. The SMILES string of the molecule is CCC(S)(CC)COc1ccc2c(c1)ncn2-c1ccc2cccc(N3CCC(N)CC3)c2n1. The Morgan fingerprint density at radius 2 is 1.88 bits per heavy atom. The Labute approximate surface area is 206 Å². The molecule has 7 heteroatoms. The maximum atomic E-state index is 6.13. The molecule has 1 fully saturated rings. The molecule has 1 aliphatic rings. The van der Waals surface area contributed by atoms with Crippen molar-refractivity contribution in [1.29, 1.82) is 0 Å². The normalized spacial score (nSPS) is 15.4. The molecule has 0 bridgehead atoms. The molecule has 0 saturated carbocycles. The van der Waals surface area contributed by atoms with Crippen LogP contribution in [0.1, 0.15) is 39.5 Å². The molecule has 2 aromatic carbocycles. The van der Waals surface area contributed by atoms with Crippen LogP contribution in [0.15, 0.2) is 54.9 Å². The minimum Gasteiger partial charge on any atom is -0.492 e. The third-order valence-electron chi connectivity index (χ3n) is 7.15. The number of rotatable bonds is 7. The first-order valence-corrected chi connectivity index (χ1v) is 12.7. The van der Waals surface area contributed by atoms with Gasteiger partial charge in [0.15, 0.2) is 0 Å². The van der Waals surface area contributed by atoms with Crippen molar-refractivity contribution in [2.24, 2.45) is 5.73 Å². The number of piperidine rings is 1. The standard InChI is InChI=1S/C27H33N5OS/c1-3-27(34,4-2)17-33-21-9-10-23-22(16-21)29-18-32(23)25-11-8-19-6-5-7-24(26(19)30-25)31-14-12-20(28)13-15-31/h5-11,16,18,20,34H,3-4,12-15,17,28H2,1-2H3. The van der Waals surface area contributed by atoms with Crippen molar-refractivity contribution in [2.75, 3.05) is 24.6 Å². The van der Waals surface area contributed by atoms with Crippen LogP contribution in [0.25, 0.3) is 27.8 Å². The summed E-state index contributed by atoms with van der Waals surface area (Å²) in [6.07, 6.45) is 5.79. The van der Waals surface area contributed by atoms with Gasteiger partial charge in [-0.2, -0.15) is 12.6 Å². The van der Waals surface area contributed by atoms with Gasteiger partial charge in [0.25, 0.3) is 0 Å². The first kappa shape index (κ1) is 23.0. The van der Waals surface area contributed by atoms with Crippen molar-refractivity contribution in [3.05, 3.63) is 54.9 Å². The van der Waals surface area contributed by atoms with Gasteiger partial charge in [0, 0.05) is 35.3 Å². The van der Waals surface area contributed by atoms with Gasteiger partial charge < -0.3 is 15.4 Å². The zero-order valence-electron chi connectivity index (χ0n) is 19.9. The van der Waals surface area contributed by atoms with Crippen LogP contribution in [0.4, 0.5) is 5.69 Å². The largest absolute Gasteiger partial charge is 0.492 e. The fourth-order valence-electron chi connectivity index (χ4n) is 4.59.